The summed E-state index contributed by atoms with van der Waals surface area (Å²) in [5.74, 6) is 0.464. The number of fused-ring (bicyclic) bond motifs is 1. The molecule has 0 saturated heterocycles. The van der Waals surface area contributed by atoms with Gasteiger partial charge in [-0.25, -0.2) is 4.98 Å². The van der Waals surface area contributed by atoms with Crippen molar-refractivity contribution in [3.8, 4) is 17.2 Å². The highest BCUT2D eigenvalue weighted by Crippen LogP contribution is 2.33. The number of benzene rings is 3. The van der Waals surface area contributed by atoms with Crippen LogP contribution < -0.4 is 15.4 Å². The summed E-state index contributed by atoms with van der Waals surface area (Å²) in [6.45, 7) is 1.93. The molecule has 0 aliphatic rings. The Kier molecular flexibility index (Phi) is 7.04. The van der Waals surface area contributed by atoms with Crippen molar-refractivity contribution in [2.24, 2.45) is 0 Å². The Labute approximate surface area is 216 Å². The molecule has 0 aliphatic carbocycles. The molecule has 0 saturated carbocycles. The van der Waals surface area contributed by atoms with Crippen molar-refractivity contribution < 1.29 is 13.9 Å². The molecule has 6 nitrogen and oxygen atoms in total. The second-order valence-electron chi connectivity index (χ2n) is 7.04. The first-order chi connectivity index (χ1) is 15.7. The fourth-order valence-corrected chi connectivity index (χ4v) is 4.90. The zero-order valence-corrected chi connectivity index (χ0v) is 22.1. The molecule has 168 valence electrons. The fraction of sp³-hybridized carbons (Fsp3) is 0.0870. The molecular weight excluding hydrogens is 594 g/mol. The van der Waals surface area contributed by atoms with Gasteiger partial charge in [-0.2, -0.15) is 0 Å². The lowest BCUT2D eigenvalue weighted by atomic mass is 10.1. The van der Waals surface area contributed by atoms with Gasteiger partial charge in [-0.1, -0.05) is 33.6 Å². The van der Waals surface area contributed by atoms with E-state index in [0.29, 0.717) is 43.5 Å². The summed E-state index contributed by atoms with van der Waals surface area (Å²) in [6, 6.07) is 14.4. The number of amides is 1. The van der Waals surface area contributed by atoms with Crippen LogP contribution in [0.1, 0.15) is 15.9 Å². The van der Waals surface area contributed by atoms with E-state index < -0.39 is 5.91 Å². The lowest BCUT2D eigenvalue weighted by Gasteiger charge is -2.13. The molecule has 0 unspecified atom stereocenters. The lowest BCUT2D eigenvalue weighted by Crippen LogP contribution is -2.34. The number of halogens is 3. The molecule has 10 heteroatoms. The maximum absolute atomic E-state index is 12.8. The number of rotatable bonds is 4. The highest BCUT2D eigenvalue weighted by Gasteiger charge is 2.18. The monoisotopic (exact) mass is 607 g/mol. The second-order valence-corrected chi connectivity index (χ2v) is 9.63. The van der Waals surface area contributed by atoms with Gasteiger partial charge >= 0.3 is 0 Å². The number of thiocarbonyl (C=S) groups is 1. The summed E-state index contributed by atoms with van der Waals surface area (Å²) in [7, 11) is 1.49. The average molecular weight is 610 g/mol. The predicted molar refractivity (Wildman–Crippen MR) is 141 cm³/mol. The van der Waals surface area contributed by atoms with Crippen molar-refractivity contribution in [2.75, 3.05) is 12.4 Å². The molecule has 0 bridgehead atoms. The van der Waals surface area contributed by atoms with Crippen LogP contribution in [0.2, 0.25) is 5.02 Å². The van der Waals surface area contributed by atoms with E-state index in [-0.39, 0.29) is 5.11 Å². The molecule has 0 spiro atoms. The van der Waals surface area contributed by atoms with Crippen molar-refractivity contribution >= 4 is 83.5 Å². The van der Waals surface area contributed by atoms with Crippen LogP contribution in [0.25, 0.3) is 22.6 Å². The van der Waals surface area contributed by atoms with Gasteiger partial charge in [0.15, 0.2) is 10.7 Å². The van der Waals surface area contributed by atoms with Crippen LogP contribution in [0.4, 0.5) is 5.69 Å². The third-order valence-electron chi connectivity index (χ3n) is 4.75. The second kappa shape index (κ2) is 9.80. The number of aromatic nitrogens is 1. The van der Waals surface area contributed by atoms with E-state index in [0.717, 1.165) is 15.6 Å². The minimum Gasteiger partial charge on any atom is -0.495 e. The number of ether oxygens (including phenoxy) is 1. The van der Waals surface area contributed by atoms with Crippen LogP contribution in [0.3, 0.4) is 0 Å². The van der Waals surface area contributed by atoms with Gasteiger partial charge in [0.1, 0.15) is 11.3 Å². The number of hydrogen-bond acceptors (Lipinski definition) is 5. The number of nitrogens with one attached hydrogen (secondary N) is 2. The standard InChI is InChI=1S/C23H16Br2ClN3O3S/c1-11-3-4-12(7-17(11)26)22-28-18-10-14(5-6-19(18)32-22)27-23(33)29-21(30)15-8-13(24)9-16(25)20(15)31-2/h3-10H,1-2H3,(H2,27,29,30,33). The maximum Gasteiger partial charge on any atom is 0.261 e. The van der Waals surface area contributed by atoms with E-state index >= 15 is 0 Å². The Balaban J connectivity index is 1.51. The molecule has 3 aromatic carbocycles. The highest BCUT2D eigenvalue weighted by atomic mass is 79.9. The van der Waals surface area contributed by atoms with Crippen LogP contribution in [0.5, 0.6) is 5.75 Å². The Morgan fingerprint density at radius 3 is 2.67 bits per heavy atom. The third-order valence-corrected chi connectivity index (χ3v) is 6.41. The van der Waals surface area contributed by atoms with E-state index in [9.17, 15) is 4.79 Å². The lowest BCUT2D eigenvalue weighted by molar-refractivity contribution is 0.0974. The molecule has 1 aromatic heterocycles. The number of hydrogen-bond donors (Lipinski definition) is 2. The normalized spacial score (nSPS) is 10.8. The molecule has 0 atom stereocenters. The molecule has 1 amide bonds. The van der Waals surface area contributed by atoms with Crippen LogP contribution in [-0.4, -0.2) is 23.1 Å². The number of nitrogens with zero attached hydrogens (tertiary/aromatic N) is 1. The first-order valence-corrected chi connectivity index (χ1v) is 11.9. The predicted octanol–water partition coefficient (Wildman–Crippen LogP) is 7.12. The Hall–Kier alpha value is -2.46. The average Bonchev–Trinajstić information content (AvgIpc) is 3.18. The molecule has 4 aromatic rings. The molecule has 0 radical (unpaired) electrons. The van der Waals surface area contributed by atoms with Crippen molar-refractivity contribution in [1.82, 2.24) is 10.3 Å². The molecule has 1 heterocycles. The van der Waals surface area contributed by atoms with E-state index in [2.05, 4.69) is 47.5 Å². The number of anilines is 1. The van der Waals surface area contributed by atoms with Gasteiger partial charge in [0, 0.05) is 20.7 Å². The molecule has 0 fully saturated rings. The number of methoxy groups -OCH3 is 1. The molecular formula is C23H16Br2ClN3O3S. The van der Waals surface area contributed by atoms with E-state index in [1.165, 1.54) is 7.11 Å². The fourth-order valence-electron chi connectivity index (χ4n) is 3.12. The van der Waals surface area contributed by atoms with Gasteiger partial charge in [0.25, 0.3) is 5.91 Å². The highest BCUT2D eigenvalue weighted by molar-refractivity contribution is 9.11. The summed E-state index contributed by atoms with van der Waals surface area (Å²) in [5, 5.41) is 6.44. The Morgan fingerprint density at radius 1 is 1.15 bits per heavy atom. The van der Waals surface area contributed by atoms with Crippen LogP contribution >= 0.6 is 55.7 Å². The number of carbonyl (C=O) groups excluding carboxylic acids is 1. The summed E-state index contributed by atoms with van der Waals surface area (Å²) >= 11 is 18.3. The molecule has 2 N–H and O–H groups in total. The summed E-state index contributed by atoms with van der Waals surface area (Å²) in [4.78, 5) is 17.3. The van der Waals surface area contributed by atoms with Gasteiger partial charge < -0.3 is 14.5 Å². The zero-order chi connectivity index (χ0) is 23.7. The van der Waals surface area contributed by atoms with Crippen molar-refractivity contribution in [2.45, 2.75) is 6.92 Å². The zero-order valence-electron chi connectivity index (χ0n) is 17.3. The van der Waals surface area contributed by atoms with Crippen LogP contribution in [-0.2, 0) is 0 Å². The molecule has 4 rings (SSSR count). The number of carbonyl (C=O) groups is 1. The third kappa shape index (κ3) is 5.22. The van der Waals surface area contributed by atoms with Crippen LogP contribution in [0.15, 0.2) is 61.9 Å². The Morgan fingerprint density at radius 2 is 1.94 bits per heavy atom. The van der Waals surface area contributed by atoms with Gasteiger partial charge in [-0.15, -0.1) is 0 Å². The maximum atomic E-state index is 12.8. The van der Waals surface area contributed by atoms with E-state index in [4.69, 9.17) is 33.0 Å². The van der Waals surface area contributed by atoms with Crippen LogP contribution in [0, 0.1) is 6.92 Å². The van der Waals surface area contributed by atoms with E-state index in [1.807, 2.05) is 25.1 Å². The van der Waals surface area contributed by atoms with Crippen molar-refractivity contribution in [3.63, 3.8) is 0 Å². The van der Waals surface area contributed by atoms with Crippen molar-refractivity contribution in [3.05, 3.63) is 73.6 Å². The van der Waals surface area contributed by atoms with Crippen molar-refractivity contribution in [1.29, 1.82) is 0 Å². The number of aryl methyl sites for hydroxylation is 1. The minimum absolute atomic E-state index is 0.131. The summed E-state index contributed by atoms with van der Waals surface area (Å²) in [5.41, 5.74) is 4.00. The largest absolute Gasteiger partial charge is 0.495 e. The van der Waals surface area contributed by atoms with Gasteiger partial charge in [-0.3, -0.25) is 10.1 Å². The van der Waals surface area contributed by atoms with Gasteiger partial charge in [0.05, 0.1) is 17.1 Å². The summed E-state index contributed by atoms with van der Waals surface area (Å²) < 4.78 is 12.6. The van der Waals surface area contributed by atoms with E-state index in [1.54, 1.807) is 30.3 Å². The number of oxazole rings is 1. The van der Waals surface area contributed by atoms with Gasteiger partial charge in [-0.05, 0) is 83.1 Å². The first-order valence-electron chi connectivity index (χ1n) is 9.57. The Bertz CT molecular complexity index is 1410. The smallest absolute Gasteiger partial charge is 0.261 e. The first kappa shape index (κ1) is 23.7. The quantitative estimate of drug-likeness (QED) is 0.240. The SMILES string of the molecule is COc1c(Br)cc(Br)cc1C(=O)NC(=S)Nc1ccc2oc(-c3ccc(C)c(Cl)c3)nc2c1. The molecule has 0 aliphatic heterocycles. The summed E-state index contributed by atoms with van der Waals surface area (Å²) in [6.07, 6.45) is 0. The molecule has 33 heavy (non-hydrogen) atoms. The topological polar surface area (TPSA) is 76.4 Å². The van der Waals surface area contributed by atoms with Gasteiger partial charge in [0.2, 0.25) is 5.89 Å². The minimum atomic E-state index is -0.410.